The van der Waals surface area contributed by atoms with Gasteiger partial charge in [0.05, 0.1) is 21.3 Å². The molecule has 1 N–H and O–H groups in total. The van der Waals surface area contributed by atoms with Gasteiger partial charge in [-0.25, -0.2) is 4.98 Å². The monoisotopic (exact) mass is 343 g/mol. The summed E-state index contributed by atoms with van der Waals surface area (Å²) in [7, 11) is 0. The SMILES string of the molecule is CCc1ccsc1C(=O)NCCc1nc(-c2ccccn2)cs1. The molecule has 0 aliphatic heterocycles. The van der Waals surface area contributed by atoms with E-state index in [2.05, 4.69) is 22.2 Å². The van der Waals surface area contributed by atoms with Gasteiger partial charge in [0.1, 0.15) is 0 Å². The van der Waals surface area contributed by atoms with Crippen LogP contribution < -0.4 is 5.32 Å². The van der Waals surface area contributed by atoms with Gasteiger partial charge in [0, 0.05) is 24.5 Å². The fourth-order valence-electron chi connectivity index (χ4n) is 2.23. The Kier molecular flexibility index (Phi) is 5.15. The molecule has 0 bridgehead atoms. The van der Waals surface area contributed by atoms with E-state index >= 15 is 0 Å². The van der Waals surface area contributed by atoms with Crippen molar-refractivity contribution < 1.29 is 4.79 Å². The molecule has 0 aromatic carbocycles. The second-order valence-corrected chi connectivity index (χ2v) is 6.83. The second-order valence-electron chi connectivity index (χ2n) is 4.98. The summed E-state index contributed by atoms with van der Waals surface area (Å²) in [5, 5.41) is 7.96. The zero-order chi connectivity index (χ0) is 16.1. The zero-order valence-corrected chi connectivity index (χ0v) is 14.4. The van der Waals surface area contributed by atoms with Crippen molar-refractivity contribution >= 4 is 28.6 Å². The Labute approximate surface area is 143 Å². The lowest BCUT2D eigenvalue weighted by atomic mass is 10.2. The number of thiophene rings is 1. The Hall–Kier alpha value is -2.05. The minimum Gasteiger partial charge on any atom is -0.351 e. The van der Waals surface area contributed by atoms with Crippen molar-refractivity contribution in [3.8, 4) is 11.4 Å². The van der Waals surface area contributed by atoms with Gasteiger partial charge in [-0.15, -0.1) is 22.7 Å². The number of nitrogens with zero attached hydrogens (tertiary/aromatic N) is 2. The first-order chi connectivity index (χ1) is 11.3. The van der Waals surface area contributed by atoms with Crippen LogP contribution >= 0.6 is 22.7 Å². The standard InChI is InChI=1S/C17H17N3OS2/c1-2-12-7-10-22-16(12)17(21)19-9-6-15-20-14(11-23-15)13-5-3-4-8-18-13/h3-5,7-8,10-11H,2,6,9H2,1H3,(H,19,21). The Morgan fingerprint density at radius 1 is 1.22 bits per heavy atom. The van der Waals surface area contributed by atoms with Crippen molar-refractivity contribution in [3.63, 3.8) is 0 Å². The van der Waals surface area contributed by atoms with Gasteiger partial charge < -0.3 is 5.32 Å². The van der Waals surface area contributed by atoms with E-state index in [0.717, 1.165) is 39.7 Å². The van der Waals surface area contributed by atoms with Gasteiger partial charge in [-0.3, -0.25) is 9.78 Å². The number of thiazole rings is 1. The molecule has 0 radical (unpaired) electrons. The molecule has 118 valence electrons. The molecule has 23 heavy (non-hydrogen) atoms. The molecule has 1 amide bonds. The van der Waals surface area contributed by atoms with Crippen molar-refractivity contribution in [1.82, 2.24) is 15.3 Å². The molecule has 0 atom stereocenters. The summed E-state index contributed by atoms with van der Waals surface area (Å²) in [6.45, 7) is 2.66. The molecule has 3 rings (SSSR count). The Morgan fingerprint density at radius 2 is 2.13 bits per heavy atom. The van der Waals surface area contributed by atoms with E-state index in [1.165, 1.54) is 11.3 Å². The minimum atomic E-state index is 0.0124. The van der Waals surface area contributed by atoms with Crippen LogP contribution in [-0.4, -0.2) is 22.4 Å². The lowest BCUT2D eigenvalue weighted by Gasteiger charge is -2.03. The number of hydrogen-bond donors (Lipinski definition) is 1. The molecule has 3 aromatic rings. The highest BCUT2D eigenvalue weighted by Gasteiger charge is 2.12. The zero-order valence-electron chi connectivity index (χ0n) is 12.8. The number of amides is 1. The van der Waals surface area contributed by atoms with Gasteiger partial charge in [-0.05, 0) is 35.6 Å². The summed E-state index contributed by atoms with van der Waals surface area (Å²) in [4.78, 5) is 21.9. The predicted octanol–water partition coefficient (Wildman–Crippen LogP) is 3.80. The van der Waals surface area contributed by atoms with E-state index in [4.69, 9.17) is 0 Å². The van der Waals surface area contributed by atoms with Gasteiger partial charge >= 0.3 is 0 Å². The van der Waals surface area contributed by atoms with Crippen molar-refractivity contribution in [2.45, 2.75) is 19.8 Å². The highest BCUT2D eigenvalue weighted by Crippen LogP contribution is 2.20. The average molecular weight is 343 g/mol. The molecule has 3 heterocycles. The van der Waals surface area contributed by atoms with Crippen molar-refractivity contribution in [3.05, 3.63) is 56.7 Å². The second kappa shape index (κ2) is 7.48. The van der Waals surface area contributed by atoms with Gasteiger partial charge in [-0.1, -0.05) is 13.0 Å². The third kappa shape index (κ3) is 3.83. The van der Waals surface area contributed by atoms with E-state index in [1.807, 2.05) is 35.0 Å². The molecule has 0 saturated carbocycles. The molecule has 0 unspecified atom stereocenters. The van der Waals surface area contributed by atoms with E-state index < -0.39 is 0 Å². The number of hydrogen-bond acceptors (Lipinski definition) is 5. The number of aromatic nitrogens is 2. The van der Waals surface area contributed by atoms with Gasteiger partial charge in [0.2, 0.25) is 0 Å². The maximum atomic E-state index is 12.2. The van der Waals surface area contributed by atoms with E-state index in [1.54, 1.807) is 17.5 Å². The molecular formula is C17H17N3OS2. The largest absolute Gasteiger partial charge is 0.351 e. The van der Waals surface area contributed by atoms with Crippen molar-refractivity contribution in [2.75, 3.05) is 6.54 Å². The van der Waals surface area contributed by atoms with E-state index in [9.17, 15) is 4.79 Å². The Balaban J connectivity index is 1.55. The van der Waals surface area contributed by atoms with Crippen molar-refractivity contribution in [2.24, 2.45) is 0 Å². The van der Waals surface area contributed by atoms with Crippen LogP contribution in [0, 0.1) is 0 Å². The van der Waals surface area contributed by atoms with Crippen LogP contribution in [0.25, 0.3) is 11.4 Å². The molecule has 0 spiro atoms. The summed E-state index contributed by atoms with van der Waals surface area (Å²) in [5.41, 5.74) is 2.88. The van der Waals surface area contributed by atoms with Gasteiger partial charge in [0.15, 0.2) is 0 Å². The number of carbonyl (C=O) groups excluding carboxylic acids is 1. The third-order valence-electron chi connectivity index (χ3n) is 3.44. The number of carbonyl (C=O) groups is 1. The van der Waals surface area contributed by atoms with Crippen LogP contribution in [0.4, 0.5) is 0 Å². The first kappa shape index (κ1) is 15.8. The smallest absolute Gasteiger partial charge is 0.261 e. The normalized spacial score (nSPS) is 10.7. The van der Waals surface area contributed by atoms with Gasteiger partial charge in [-0.2, -0.15) is 0 Å². The van der Waals surface area contributed by atoms with Crippen LogP contribution in [0.5, 0.6) is 0 Å². The average Bonchev–Trinajstić information content (AvgIpc) is 3.24. The topological polar surface area (TPSA) is 54.9 Å². The van der Waals surface area contributed by atoms with Crippen LogP contribution in [0.15, 0.2) is 41.2 Å². The Morgan fingerprint density at radius 3 is 2.91 bits per heavy atom. The Bertz CT molecular complexity index is 780. The fourth-order valence-corrected chi connectivity index (χ4v) is 3.94. The number of rotatable bonds is 6. The maximum Gasteiger partial charge on any atom is 0.261 e. The van der Waals surface area contributed by atoms with Crippen LogP contribution in [-0.2, 0) is 12.8 Å². The number of nitrogens with one attached hydrogen (secondary N) is 1. The molecule has 0 aliphatic carbocycles. The molecule has 0 fully saturated rings. The molecular weight excluding hydrogens is 326 g/mol. The summed E-state index contributed by atoms with van der Waals surface area (Å²) >= 11 is 3.10. The first-order valence-electron chi connectivity index (χ1n) is 7.48. The highest BCUT2D eigenvalue weighted by molar-refractivity contribution is 7.12. The number of aryl methyl sites for hydroxylation is 1. The molecule has 3 aromatic heterocycles. The van der Waals surface area contributed by atoms with Crippen LogP contribution in [0.2, 0.25) is 0 Å². The summed E-state index contributed by atoms with van der Waals surface area (Å²) < 4.78 is 0. The van der Waals surface area contributed by atoms with Gasteiger partial charge in [0.25, 0.3) is 5.91 Å². The highest BCUT2D eigenvalue weighted by atomic mass is 32.1. The summed E-state index contributed by atoms with van der Waals surface area (Å²) in [5.74, 6) is 0.0124. The molecule has 6 heteroatoms. The third-order valence-corrected chi connectivity index (χ3v) is 5.30. The van der Waals surface area contributed by atoms with Crippen molar-refractivity contribution in [1.29, 1.82) is 0 Å². The molecule has 0 aliphatic rings. The van der Waals surface area contributed by atoms with E-state index in [-0.39, 0.29) is 5.91 Å². The van der Waals surface area contributed by atoms with Crippen LogP contribution in [0.3, 0.4) is 0 Å². The summed E-state index contributed by atoms with van der Waals surface area (Å²) in [6.07, 6.45) is 3.38. The number of pyridine rings is 1. The fraction of sp³-hybridized carbons (Fsp3) is 0.235. The summed E-state index contributed by atoms with van der Waals surface area (Å²) in [6, 6.07) is 7.80. The maximum absolute atomic E-state index is 12.2. The predicted molar refractivity (Wildman–Crippen MR) is 95.1 cm³/mol. The van der Waals surface area contributed by atoms with E-state index in [0.29, 0.717) is 6.54 Å². The lowest BCUT2D eigenvalue weighted by Crippen LogP contribution is -2.25. The quantitative estimate of drug-likeness (QED) is 0.740. The lowest BCUT2D eigenvalue weighted by molar-refractivity contribution is 0.0957. The minimum absolute atomic E-state index is 0.0124. The molecule has 0 saturated heterocycles. The van der Waals surface area contributed by atoms with Crippen LogP contribution in [0.1, 0.15) is 27.2 Å². The first-order valence-corrected chi connectivity index (χ1v) is 9.24. The molecule has 4 nitrogen and oxygen atoms in total.